The number of rotatable bonds is 6. The molecule has 0 radical (unpaired) electrons. The molecule has 1 nitrogen and oxygen atoms in total. The molecule has 0 N–H and O–H groups in total. The van der Waals surface area contributed by atoms with Gasteiger partial charge in [-0.1, -0.05) is 12.8 Å². The van der Waals surface area contributed by atoms with Crippen LogP contribution in [0.15, 0.2) is 0 Å². The first-order valence-electron chi connectivity index (χ1n) is 6.20. The van der Waals surface area contributed by atoms with Crippen LogP contribution in [0.25, 0.3) is 0 Å². The summed E-state index contributed by atoms with van der Waals surface area (Å²) in [6, 6.07) is 0.966. The molecular formula is C12H22ClN. The summed E-state index contributed by atoms with van der Waals surface area (Å²) in [4.78, 5) is 2.73. The summed E-state index contributed by atoms with van der Waals surface area (Å²) in [5.74, 6) is 1.90. The van der Waals surface area contributed by atoms with Crippen LogP contribution in [-0.4, -0.2) is 29.9 Å². The van der Waals surface area contributed by atoms with E-state index in [0.29, 0.717) is 0 Å². The predicted octanol–water partition coefficient (Wildman–Crippen LogP) is 3.27. The Hall–Kier alpha value is 0.250. The molecule has 1 aliphatic carbocycles. The third kappa shape index (κ3) is 2.64. The van der Waals surface area contributed by atoms with Crippen molar-refractivity contribution in [3.05, 3.63) is 0 Å². The smallest absolute Gasteiger partial charge is 0.0223 e. The second kappa shape index (κ2) is 5.37. The van der Waals surface area contributed by atoms with Crippen molar-refractivity contribution in [2.45, 2.75) is 51.0 Å². The van der Waals surface area contributed by atoms with Crippen molar-refractivity contribution in [2.75, 3.05) is 19.0 Å². The molecule has 82 valence electrons. The first kappa shape index (κ1) is 10.8. The molecule has 0 amide bonds. The minimum absolute atomic E-state index is 0.842. The number of hydrogen-bond donors (Lipinski definition) is 0. The number of hydrogen-bond acceptors (Lipinski definition) is 1. The summed E-state index contributed by atoms with van der Waals surface area (Å²) in [6.07, 6.45) is 9.78. The quantitative estimate of drug-likeness (QED) is 0.486. The molecule has 2 bridgehead atoms. The first-order chi connectivity index (χ1) is 6.90. The molecule has 2 heteroatoms. The van der Waals surface area contributed by atoms with Gasteiger partial charge in [0.15, 0.2) is 0 Å². The molecule has 0 spiro atoms. The van der Waals surface area contributed by atoms with Gasteiger partial charge in [0, 0.05) is 18.5 Å². The van der Waals surface area contributed by atoms with E-state index in [-0.39, 0.29) is 0 Å². The van der Waals surface area contributed by atoms with Gasteiger partial charge in [0.05, 0.1) is 0 Å². The Bertz CT molecular complexity index is 172. The number of halogens is 1. The SMILES string of the molecule is ClCCCCCCN1CC2CCC1C2. The van der Waals surface area contributed by atoms with E-state index in [9.17, 15) is 0 Å². The Morgan fingerprint density at radius 3 is 2.57 bits per heavy atom. The maximum Gasteiger partial charge on any atom is 0.0223 e. The molecule has 1 heterocycles. The van der Waals surface area contributed by atoms with Crippen molar-refractivity contribution in [2.24, 2.45) is 5.92 Å². The summed E-state index contributed by atoms with van der Waals surface area (Å²) in [7, 11) is 0. The van der Waals surface area contributed by atoms with Gasteiger partial charge in [-0.2, -0.15) is 0 Å². The van der Waals surface area contributed by atoms with E-state index in [1.54, 1.807) is 0 Å². The van der Waals surface area contributed by atoms with Crippen LogP contribution in [0.1, 0.15) is 44.9 Å². The summed E-state index contributed by atoms with van der Waals surface area (Å²) in [6.45, 7) is 2.75. The Balaban J connectivity index is 1.54. The Morgan fingerprint density at radius 1 is 1.07 bits per heavy atom. The molecule has 1 aliphatic heterocycles. The molecule has 2 aliphatic rings. The largest absolute Gasteiger partial charge is 0.300 e. The zero-order chi connectivity index (χ0) is 9.80. The first-order valence-corrected chi connectivity index (χ1v) is 6.73. The van der Waals surface area contributed by atoms with Gasteiger partial charge in [0.1, 0.15) is 0 Å². The molecule has 0 aromatic heterocycles. The van der Waals surface area contributed by atoms with Gasteiger partial charge >= 0.3 is 0 Å². The minimum Gasteiger partial charge on any atom is -0.300 e. The Labute approximate surface area is 92.8 Å². The molecule has 14 heavy (non-hydrogen) atoms. The number of piperidine rings is 1. The Kier molecular flexibility index (Phi) is 4.12. The lowest BCUT2D eigenvalue weighted by Crippen LogP contribution is -2.32. The topological polar surface area (TPSA) is 3.24 Å². The average Bonchev–Trinajstić information content (AvgIpc) is 2.79. The highest BCUT2D eigenvalue weighted by Gasteiger charge is 2.36. The second-order valence-corrected chi connectivity index (χ2v) is 5.31. The van der Waals surface area contributed by atoms with Gasteiger partial charge in [-0.05, 0) is 44.6 Å². The lowest BCUT2D eigenvalue weighted by molar-refractivity contribution is 0.209. The third-order valence-electron chi connectivity index (χ3n) is 3.85. The van der Waals surface area contributed by atoms with E-state index in [4.69, 9.17) is 11.6 Å². The Morgan fingerprint density at radius 2 is 1.93 bits per heavy atom. The van der Waals surface area contributed by atoms with Gasteiger partial charge in [-0.25, -0.2) is 0 Å². The fourth-order valence-corrected chi connectivity index (χ4v) is 3.25. The summed E-state index contributed by atoms with van der Waals surface area (Å²) in [5, 5.41) is 0. The highest BCUT2D eigenvalue weighted by molar-refractivity contribution is 6.17. The van der Waals surface area contributed by atoms with Crippen LogP contribution in [0.3, 0.4) is 0 Å². The number of fused-ring (bicyclic) bond motifs is 2. The highest BCUT2D eigenvalue weighted by Crippen LogP contribution is 2.37. The van der Waals surface area contributed by atoms with E-state index in [1.807, 2.05) is 0 Å². The monoisotopic (exact) mass is 215 g/mol. The molecule has 1 saturated heterocycles. The number of likely N-dealkylation sites (tertiary alicyclic amines) is 1. The normalized spacial score (nSPS) is 31.5. The van der Waals surface area contributed by atoms with Crippen LogP contribution in [0.4, 0.5) is 0 Å². The van der Waals surface area contributed by atoms with Gasteiger partial charge in [-0.3, -0.25) is 0 Å². The van der Waals surface area contributed by atoms with Crippen LogP contribution in [0, 0.1) is 5.92 Å². The lowest BCUT2D eigenvalue weighted by atomic mass is 10.1. The van der Waals surface area contributed by atoms with Crippen LogP contribution in [0.5, 0.6) is 0 Å². The molecule has 1 saturated carbocycles. The molecular weight excluding hydrogens is 194 g/mol. The van der Waals surface area contributed by atoms with Crippen molar-refractivity contribution in [3.8, 4) is 0 Å². The standard InChI is InChI=1S/C12H22ClN/c13-7-3-1-2-4-8-14-10-11-5-6-12(14)9-11/h11-12H,1-10H2. The minimum atomic E-state index is 0.842. The van der Waals surface area contributed by atoms with Crippen LogP contribution >= 0.6 is 11.6 Å². The number of unbranched alkanes of at least 4 members (excludes halogenated alkanes) is 3. The van der Waals surface area contributed by atoms with E-state index in [2.05, 4.69) is 4.90 Å². The predicted molar refractivity (Wildman–Crippen MR) is 61.9 cm³/mol. The van der Waals surface area contributed by atoms with Crippen LogP contribution in [-0.2, 0) is 0 Å². The number of alkyl halides is 1. The summed E-state index contributed by atoms with van der Waals surface area (Å²) >= 11 is 5.65. The summed E-state index contributed by atoms with van der Waals surface area (Å²) < 4.78 is 0. The van der Waals surface area contributed by atoms with Crippen LogP contribution in [0.2, 0.25) is 0 Å². The van der Waals surface area contributed by atoms with E-state index in [0.717, 1.165) is 17.8 Å². The zero-order valence-corrected chi connectivity index (χ0v) is 9.81. The molecule has 2 rings (SSSR count). The highest BCUT2D eigenvalue weighted by atomic mass is 35.5. The number of nitrogens with zero attached hydrogens (tertiary/aromatic N) is 1. The van der Waals surface area contributed by atoms with Crippen molar-refractivity contribution >= 4 is 11.6 Å². The summed E-state index contributed by atoms with van der Waals surface area (Å²) in [5.41, 5.74) is 0. The van der Waals surface area contributed by atoms with Crippen molar-refractivity contribution in [3.63, 3.8) is 0 Å². The fourth-order valence-electron chi connectivity index (χ4n) is 3.06. The fraction of sp³-hybridized carbons (Fsp3) is 1.00. The van der Waals surface area contributed by atoms with E-state index >= 15 is 0 Å². The molecule has 2 fully saturated rings. The lowest BCUT2D eigenvalue weighted by Gasteiger charge is -2.26. The maximum absolute atomic E-state index is 5.65. The van der Waals surface area contributed by atoms with E-state index < -0.39 is 0 Å². The molecule has 2 unspecified atom stereocenters. The molecule has 0 aromatic carbocycles. The van der Waals surface area contributed by atoms with Gasteiger partial charge < -0.3 is 4.90 Å². The third-order valence-corrected chi connectivity index (χ3v) is 4.12. The van der Waals surface area contributed by atoms with Crippen molar-refractivity contribution in [1.29, 1.82) is 0 Å². The zero-order valence-electron chi connectivity index (χ0n) is 9.05. The van der Waals surface area contributed by atoms with Crippen molar-refractivity contribution < 1.29 is 0 Å². The van der Waals surface area contributed by atoms with Crippen LogP contribution < -0.4 is 0 Å². The van der Waals surface area contributed by atoms with Crippen molar-refractivity contribution in [1.82, 2.24) is 4.90 Å². The van der Waals surface area contributed by atoms with Gasteiger partial charge in [0.2, 0.25) is 0 Å². The van der Waals surface area contributed by atoms with Gasteiger partial charge in [-0.15, -0.1) is 11.6 Å². The maximum atomic E-state index is 5.65. The molecule has 2 atom stereocenters. The van der Waals surface area contributed by atoms with Gasteiger partial charge in [0.25, 0.3) is 0 Å². The van der Waals surface area contributed by atoms with E-state index in [1.165, 1.54) is 58.0 Å². The second-order valence-electron chi connectivity index (χ2n) is 4.93. The average molecular weight is 216 g/mol. The molecule has 0 aromatic rings.